The van der Waals surface area contributed by atoms with Crippen molar-refractivity contribution >= 4 is 0 Å². The smallest absolute Gasteiger partial charge is 0.0319 e. The Morgan fingerprint density at radius 1 is 1.50 bits per heavy atom. The van der Waals surface area contributed by atoms with Crippen LogP contribution in [0.5, 0.6) is 0 Å². The van der Waals surface area contributed by atoms with Gasteiger partial charge in [-0.2, -0.15) is 6.42 Å². The Bertz CT molecular complexity index is 7.51. The summed E-state index contributed by atoms with van der Waals surface area (Å²) in [6.07, 6.45) is 1.00. The summed E-state index contributed by atoms with van der Waals surface area (Å²) in [6, 6.07) is 0. The van der Waals surface area contributed by atoms with E-state index in [1.165, 1.54) is 0 Å². The van der Waals surface area contributed by atoms with E-state index in [0.29, 0.717) is 0 Å². The molecule has 0 aromatic rings. The summed E-state index contributed by atoms with van der Waals surface area (Å²) in [5.41, 5.74) is 0. The maximum absolute atomic E-state index is 7.00. The minimum Gasteiger partial charge on any atom is -0.400 e. The zero-order chi connectivity index (χ0) is 4.71. The van der Waals surface area contributed by atoms with E-state index in [1.54, 1.807) is 0 Å². The maximum Gasteiger partial charge on any atom is 0.0319 e. The van der Waals surface area contributed by atoms with Crippen molar-refractivity contribution in [1.29, 1.82) is 0 Å². The maximum atomic E-state index is 7.00. The number of hydrogen-bond donors (Lipinski definition) is 1. The summed E-state index contributed by atoms with van der Waals surface area (Å²) >= 11 is 0. The van der Waals surface area contributed by atoms with Crippen LogP contribution >= 0.6 is 0 Å². The van der Waals surface area contributed by atoms with Gasteiger partial charge in [-0.3, -0.25) is 0 Å². The van der Waals surface area contributed by atoms with E-state index in [1.807, 2.05) is 6.92 Å². The molecule has 0 aliphatic rings. The van der Waals surface area contributed by atoms with Crippen molar-refractivity contribution in [1.82, 2.24) is 0 Å². The van der Waals surface area contributed by atoms with Crippen molar-refractivity contribution in [2.75, 3.05) is 7.11 Å². The van der Waals surface area contributed by atoms with E-state index in [2.05, 4.69) is 6.92 Å². The Balaban J connectivity index is -0.0000000275. The molecule has 0 bridgehead atoms. The van der Waals surface area contributed by atoms with Crippen LogP contribution in [0.2, 0.25) is 0 Å². The molecule has 0 saturated heterocycles. The molecule has 0 saturated carbocycles. The van der Waals surface area contributed by atoms with Gasteiger partial charge in [0.25, 0.3) is 0 Å². The molecular weight excluding hydrogens is 129 g/mol. The van der Waals surface area contributed by atoms with Crippen LogP contribution in [0.25, 0.3) is 0 Å². The molecule has 0 rings (SSSR count). The van der Waals surface area contributed by atoms with Gasteiger partial charge in [-0.1, -0.05) is 6.92 Å². The zero-order valence-corrected chi connectivity index (χ0v) is 7.54. The molecule has 0 aromatic carbocycles. The predicted molar refractivity (Wildman–Crippen MR) is 23.8 cm³/mol. The molecule has 0 aromatic heterocycles. The van der Waals surface area contributed by atoms with Crippen molar-refractivity contribution < 1.29 is 24.6 Å². The summed E-state index contributed by atoms with van der Waals surface area (Å²) in [5.74, 6) is 0. The van der Waals surface area contributed by atoms with Gasteiger partial charge >= 0.3 is 0 Å². The Labute approximate surface area is 52.5 Å². The normalized spacial score (nSPS) is 4.00. The molecule has 1 nitrogen and oxygen atoms in total. The van der Waals surface area contributed by atoms with E-state index in [-0.39, 0.29) is 19.5 Å². The Morgan fingerprint density at radius 2 is 1.50 bits per heavy atom. The van der Waals surface area contributed by atoms with Gasteiger partial charge in [0.05, 0.1) is 0 Å². The van der Waals surface area contributed by atoms with Crippen molar-refractivity contribution in [3.63, 3.8) is 0 Å². The van der Waals surface area contributed by atoms with Gasteiger partial charge in [0, 0.05) is 26.6 Å². The first-order chi connectivity index (χ1) is 2.41. The van der Waals surface area contributed by atoms with Crippen LogP contribution in [0, 0.1) is 6.92 Å². The number of aliphatic hydroxyl groups excluding tert-OH is 1. The SMILES string of the molecule is CO.[CH2-]CC.[Zn]. The van der Waals surface area contributed by atoms with Crippen LogP contribution in [0.1, 0.15) is 13.3 Å². The average molecular weight is 141 g/mol. The van der Waals surface area contributed by atoms with Crippen LogP contribution in [0.4, 0.5) is 0 Å². The van der Waals surface area contributed by atoms with Gasteiger partial charge in [-0.05, 0) is 0 Å². The molecule has 36 valence electrons. The van der Waals surface area contributed by atoms with Crippen LogP contribution < -0.4 is 0 Å². The van der Waals surface area contributed by atoms with Crippen LogP contribution in [-0.2, 0) is 19.5 Å². The third-order valence-electron chi connectivity index (χ3n) is 0. The van der Waals surface area contributed by atoms with E-state index >= 15 is 0 Å². The molecule has 2 heteroatoms. The molecule has 6 heavy (non-hydrogen) atoms. The second kappa shape index (κ2) is 46.8. The molecule has 0 atom stereocenters. The first kappa shape index (κ1) is 16.0. The first-order valence-electron chi connectivity index (χ1n) is 1.65. The zero-order valence-electron chi connectivity index (χ0n) is 4.57. The van der Waals surface area contributed by atoms with E-state index in [0.717, 1.165) is 13.5 Å². The first-order valence-corrected chi connectivity index (χ1v) is 1.65. The molecule has 0 aliphatic heterocycles. The fourth-order valence-corrected chi connectivity index (χ4v) is 0. The van der Waals surface area contributed by atoms with Gasteiger partial charge in [-0.15, -0.1) is 0 Å². The standard InChI is InChI=1S/C3H7.CH4O.Zn/c1-3-2;1-2;/h1,3H2,2H3;2H,1H3;/q-1;;. The minimum atomic E-state index is 0. The molecule has 1 N–H and O–H groups in total. The third-order valence-corrected chi connectivity index (χ3v) is 0. The van der Waals surface area contributed by atoms with Crippen LogP contribution in [0.3, 0.4) is 0 Å². The summed E-state index contributed by atoms with van der Waals surface area (Å²) < 4.78 is 0. The predicted octanol–water partition coefficient (Wildman–Crippen LogP) is 0.836. The van der Waals surface area contributed by atoms with Gasteiger partial charge in [0.15, 0.2) is 0 Å². The number of rotatable bonds is 0. The van der Waals surface area contributed by atoms with E-state index in [9.17, 15) is 0 Å². The Morgan fingerprint density at radius 3 is 1.50 bits per heavy atom. The Hall–Kier alpha value is 0.583. The summed E-state index contributed by atoms with van der Waals surface area (Å²) in [5, 5.41) is 7.00. The molecule has 0 fully saturated rings. The topological polar surface area (TPSA) is 20.2 Å². The average Bonchev–Trinajstić information content (AvgIpc) is 1.46. The summed E-state index contributed by atoms with van der Waals surface area (Å²) in [4.78, 5) is 0. The minimum absolute atomic E-state index is 0. The largest absolute Gasteiger partial charge is 0.400 e. The number of aliphatic hydroxyl groups is 1. The number of hydrogen-bond acceptors (Lipinski definition) is 1. The second-order valence-corrected chi connectivity index (χ2v) is 0.500. The van der Waals surface area contributed by atoms with Gasteiger partial charge in [0.1, 0.15) is 0 Å². The quantitative estimate of drug-likeness (QED) is 0.391. The third kappa shape index (κ3) is 173. The summed E-state index contributed by atoms with van der Waals surface area (Å²) in [7, 11) is 1.00. The summed E-state index contributed by atoms with van der Waals surface area (Å²) in [6.45, 7) is 5.50. The Kier molecular flexibility index (Phi) is 125. The van der Waals surface area contributed by atoms with Gasteiger partial charge < -0.3 is 12.0 Å². The molecule has 0 amide bonds. The molecule has 0 aliphatic carbocycles. The van der Waals surface area contributed by atoms with Crippen LogP contribution in [-0.4, -0.2) is 12.2 Å². The van der Waals surface area contributed by atoms with Crippen LogP contribution in [0.15, 0.2) is 0 Å². The van der Waals surface area contributed by atoms with Gasteiger partial charge in [-0.25, -0.2) is 0 Å². The fourth-order valence-electron chi connectivity index (χ4n) is 0. The fraction of sp³-hybridized carbons (Fsp3) is 0.750. The van der Waals surface area contributed by atoms with Crippen molar-refractivity contribution in [2.45, 2.75) is 13.3 Å². The van der Waals surface area contributed by atoms with Crippen molar-refractivity contribution in [3.8, 4) is 0 Å². The van der Waals surface area contributed by atoms with E-state index in [4.69, 9.17) is 5.11 Å². The molecule has 0 radical (unpaired) electrons. The monoisotopic (exact) mass is 139 g/mol. The second-order valence-electron chi connectivity index (χ2n) is 0.500. The van der Waals surface area contributed by atoms with E-state index < -0.39 is 0 Å². The molecule has 0 spiro atoms. The van der Waals surface area contributed by atoms with Crippen molar-refractivity contribution in [3.05, 3.63) is 6.92 Å². The molecule has 0 unspecified atom stereocenters. The van der Waals surface area contributed by atoms with Crippen molar-refractivity contribution in [2.24, 2.45) is 0 Å². The van der Waals surface area contributed by atoms with Gasteiger partial charge in [0.2, 0.25) is 0 Å². The molecular formula is C4H11OZn-. The molecule has 0 heterocycles.